The van der Waals surface area contributed by atoms with Crippen molar-refractivity contribution in [1.29, 1.82) is 0 Å². The zero-order valence-corrected chi connectivity index (χ0v) is 16.8. The third-order valence-corrected chi connectivity index (χ3v) is 5.54. The van der Waals surface area contributed by atoms with Gasteiger partial charge in [0, 0.05) is 13.5 Å². The Balaban J connectivity index is 1.61. The highest BCUT2D eigenvalue weighted by molar-refractivity contribution is 5.77. The Morgan fingerprint density at radius 3 is 2.82 bits per heavy atom. The Morgan fingerprint density at radius 1 is 1.21 bits per heavy atom. The van der Waals surface area contributed by atoms with Gasteiger partial charge in [-0.25, -0.2) is 4.98 Å². The van der Waals surface area contributed by atoms with Gasteiger partial charge in [0.1, 0.15) is 18.2 Å². The third kappa shape index (κ3) is 3.49. The maximum Gasteiger partial charge on any atom is 0.220 e. The Hall–Kier alpha value is -2.82. The van der Waals surface area contributed by atoms with Crippen molar-refractivity contribution < 1.29 is 9.53 Å². The molecule has 4 rings (SSSR count). The van der Waals surface area contributed by atoms with Crippen LogP contribution < -0.4 is 4.74 Å². The SMILES string of the molecule is CC(=O)N1CCCC1c1nc2ccccc2n1CCOc1ccc(C)cc1C. The molecule has 2 heterocycles. The molecule has 5 nitrogen and oxygen atoms in total. The first-order valence-electron chi connectivity index (χ1n) is 9.97. The average Bonchev–Trinajstić information content (AvgIpc) is 3.28. The number of para-hydroxylation sites is 2. The Kier molecular flexibility index (Phi) is 5.07. The molecular formula is C23H27N3O2. The smallest absolute Gasteiger partial charge is 0.220 e. The van der Waals surface area contributed by atoms with Crippen LogP contribution >= 0.6 is 0 Å². The van der Waals surface area contributed by atoms with Crippen LogP contribution in [0.5, 0.6) is 5.75 Å². The van der Waals surface area contributed by atoms with Crippen molar-refractivity contribution in [3.63, 3.8) is 0 Å². The number of ether oxygens (including phenoxy) is 1. The van der Waals surface area contributed by atoms with Gasteiger partial charge in [0.05, 0.1) is 23.6 Å². The van der Waals surface area contributed by atoms with Crippen molar-refractivity contribution >= 4 is 16.9 Å². The fourth-order valence-electron chi connectivity index (χ4n) is 4.20. The molecule has 2 aromatic carbocycles. The second-order valence-corrected chi connectivity index (χ2v) is 7.60. The molecule has 1 aliphatic rings. The zero-order chi connectivity index (χ0) is 19.7. The molecule has 0 bridgehead atoms. The first kappa shape index (κ1) is 18.5. The molecule has 0 spiro atoms. The number of carbonyl (C=O) groups is 1. The van der Waals surface area contributed by atoms with Crippen molar-refractivity contribution in [3.05, 3.63) is 59.4 Å². The van der Waals surface area contributed by atoms with E-state index in [2.05, 4.69) is 36.6 Å². The minimum Gasteiger partial charge on any atom is -0.491 e. The highest BCUT2D eigenvalue weighted by atomic mass is 16.5. The van der Waals surface area contributed by atoms with Crippen LogP contribution in [0, 0.1) is 13.8 Å². The van der Waals surface area contributed by atoms with Crippen LogP contribution in [-0.2, 0) is 11.3 Å². The fourth-order valence-corrected chi connectivity index (χ4v) is 4.20. The van der Waals surface area contributed by atoms with Gasteiger partial charge in [0.25, 0.3) is 0 Å². The summed E-state index contributed by atoms with van der Waals surface area (Å²) in [6, 6.07) is 14.5. The summed E-state index contributed by atoms with van der Waals surface area (Å²) in [6.07, 6.45) is 1.98. The van der Waals surface area contributed by atoms with Gasteiger partial charge in [-0.2, -0.15) is 0 Å². The van der Waals surface area contributed by atoms with Crippen LogP contribution in [0.3, 0.4) is 0 Å². The van der Waals surface area contributed by atoms with E-state index in [1.807, 2.05) is 29.2 Å². The van der Waals surface area contributed by atoms with Crippen molar-refractivity contribution in [2.45, 2.75) is 46.2 Å². The van der Waals surface area contributed by atoms with E-state index in [-0.39, 0.29) is 11.9 Å². The number of fused-ring (bicyclic) bond motifs is 1. The van der Waals surface area contributed by atoms with E-state index in [1.165, 1.54) is 5.56 Å². The maximum absolute atomic E-state index is 12.1. The molecule has 1 amide bonds. The molecule has 1 aromatic heterocycles. The molecule has 1 fully saturated rings. The van der Waals surface area contributed by atoms with Gasteiger partial charge in [0.15, 0.2) is 0 Å². The van der Waals surface area contributed by atoms with E-state index < -0.39 is 0 Å². The fraction of sp³-hybridized carbons (Fsp3) is 0.391. The minimum absolute atomic E-state index is 0.0472. The second-order valence-electron chi connectivity index (χ2n) is 7.60. The number of aryl methyl sites for hydroxylation is 2. The van der Waals surface area contributed by atoms with Crippen molar-refractivity contribution in [2.24, 2.45) is 0 Å². The summed E-state index contributed by atoms with van der Waals surface area (Å²) in [5.74, 6) is 2.01. The molecule has 3 aromatic rings. The van der Waals surface area contributed by atoms with Gasteiger partial charge < -0.3 is 14.2 Å². The molecule has 0 aliphatic carbocycles. The summed E-state index contributed by atoms with van der Waals surface area (Å²) in [4.78, 5) is 18.9. The summed E-state index contributed by atoms with van der Waals surface area (Å²) in [7, 11) is 0. The standard InChI is InChI=1S/C23H27N3O2/c1-16-10-11-22(17(2)15-16)28-14-13-26-20-8-5-4-7-19(20)24-23(26)21-9-6-12-25(21)18(3)27/h4-5,7-8,10-11,15,21H,6,9,12-14H2,1-3H3. The van der Waals surface area contributed by atoms with E-state index in [0.29, 0.717) is 13.2 Å². The lowest BCUT2D eigenvalue weighted by Crippen LogP contribution is -2.30. The maximum atomic E-state index is 12.1. The predicted molar refractivity (Wildman–Crippen MR) is 111 cm³/mol. The first-order valence-corrected chi connectivity index (χ1v) is 9.97. The summed E-state index contributed by atoms with van der Waals surface area (Å²) in [5, 5.41) is 0. The van der Waals surface area contributed by atoms with E-state index >= 15 is 0 Å². The summed E-state index contributed by atoms with van der Waals surface area (Å²) in [5.41, 5.74) is 4.45. The normalized spacial score (nSPS) is 16.7. The highest BCUT2D eigenvalue weighted by Gasteiger charge is 2.32. The van der Waals surface area contributed by atoms with Gasteiger partial charge in [-0.3, -0.25) is 4.79 Å². The van der Waals surface area contributed by atoms with Gasteiger partial charge in [-0.1, -0.05) is 29.8 Å². The van der Waals surface area contributed by atoms with Crippen LogP contribution in [0.4, 0.5) is 0 Å². The van der Waals surface area contributed by atoms with E-state index in [1.54, 1.807) is 6.92 Å². The van der Waals surface area contributed by atoms with Gasteiger partial charge in [-0.15, -0.1) is 0 Å². The first-order chi connectivity index (χ1) is 13.5. The van der Waals surface area contributed by atoms with E-state index in [9.17, 15) is 4.79 Å². The number of nitrogens with zero attached hydrogens (tertiary/aromatic N) is 3. The summed E-state index contributed by atoms with van der Waals surface area (Å²) in [6.45, 7) is 7.87. The monoisotopic (exact) mass is 377 g/mol. The molecule has 0 saturated carbocycles. The number of benzene rings is 2. The Labute approximate surface area is 165 Å². The minimum atomic E-state index is 0.0472. The molecular weight excluding hydrogens is 350 g/mol. The van der Waals surface area contributed by atoms with Crippen LogP contribution in [0.25, 0.3) is 11.0 Å². The second kappa shape index (κ2) is 7.66. The van der Waals surface area contributed by atoms with Gasteiger partial charge >= 0.3 is 0 Å². The molecule has 146 valence electrons. The van der Waals surface area contributed by atoms with Crippen molar-refractivity contribution in [2.75, 3.05) is 13.2 Å². The van der Waals surface area contributed by atoms with Crippen molar-refractivity contribution in [1.82, 2.24) is 14.5 Å². The van der Waals surface area contributed by atoms with Crippen LogP contribution in [0.2, 0.25) is 0 Å². The Morgan fingerprint density at radius 2 is 2.04 bits per heavy atom. The number of likely N-dealkylation sites (tertiary alicyclic amines) is 1. The molecule has 1 atom stereocenters. The summed E-state index contributed by atoms with van der Waals surface area (Å²) < 4.78 is 8.30. The van der Waals surface area contributed by atoms with Crippen LogP contribution in [0.1, 0.15) is 42.8 Å². The molecule has 1 unspecified atom stereocenters. The lowest BCUT2D eigenvalue weighted by Gasteiger charge is -2.24. The number of carbonyl (C=O) groups excluding carboxylic acids is 1. The molecule has 1 saturated heterocycles. The highest BCUT2D eigenvalue weighted by Crippen LogP contribution is 2.33. The van der Waals surface area contributed by atoms with E-state index in [0.717, 1.165) is 47.6 Å². The predicted octanol–water partition coefficient (Wildman–Crippen LogP) is 4.42. The van der Waals surface area contributed by atoms with Crippen molar-refractivity contribution in [3.8, 4) is 5.75 Å². The Bertz CT molecular complexity index is 1010. The van der Waals surface area contributed by atoms with Crippen LogP contribution in [0.15, 0.2) is 42.5 Å². The topological polar surface area (TPSA) is 47.4 Å². The number of amides is 1. The third-order valence-electron chi connectivity index (χ3n) is 5.54. The molecule has 5 heteroatoms. The summed E-state index contributed by atoms with van der Waals surface area (Å²) >= 11 is 0. The number of rotatable bonds is 5. The number of imidazole rings is 1. The lowest BCUT2D eigenvalue weighted by molar-refractivity contribution is -0.129. The molecule has 0 radical (unpaired) electrons. The molecule has 28 heavy (non-hydrogen) atoms. The average molecular weight is 377 g/mol. The number of hydrogen-bond donors (Lipinski definition) is 0. The quantitative estimate of drug-likeness (QED) is 0.661. The lowest BCUT2D eigenvalue weighted by atomic mass is 10.1. The molecule has 0 N–H and O–H groups in total. The number of hydrogen-bond acceptors (Lipinski definition) is 3. The van der Waals surface area contributed by atoms with E-state index in [4.69, 9.17) is 9.72 Å². The molecule has 1 aliphatic heterocycles. The van der Waals surface area contributed by atoms with Gasteiger partial charge in [-0.05, 0) is 50.5 Å². The largest absolute Gasteiger partial charge is 0.491 e. The number of aromatic nitrogens is 2. The van der Waals surface area contributed by atoms with Crippen LogP contribution in [-0.4, -0.2) is 33.5 Å². The van der Waals surface area contributed by atoms with Gasteiger partial charge in [0.2, 0.25) is 5.91 Å². The zero-order valence-electron chi connectivity index (χ0n) is 16.8.